The van der Waals surface area contributed by atoms with Gasteiger partial charge in [0, 0.05) is 17.7 Å². The number of benzene rings is 3. The number of aromatic nitrogens is 1. The van der Waals surface area contributed by atoms with Crippen molar-refractivity contribution in [2.75, 3.05) is 0 Å². The Hall–Kier alpha value is -3.48. The number of fused-ring (bicyclic) bond motifs is 3. The molecule has 1 aliphatic rings. The Labute approximate surface area is 198 Å². The Kier molecular flexibility index (Phi) is 4.88. The van der Waals surface area contributed by atoms with Crippen LogP contribution in [0.15, 0.2) is 66.9 Å². The summed E-state index contributed by atoms with van der Waals surface area (Å²) in [7, 11) is 0.00466. The predicted molar refractivity (Wildman–Crippen MR) is 141 cm³/mol. The summed E-state index contributed by atoms with van der Waals surface area (Å²) in [6.07, 6.45) is 2.16. The van der Waals surface area contributed by atoms with Crippen molar-refractivity contribution < 1.29 is 4.57 Å². The first-order chi connectivity index (χ1) is 15.8. The van der Waals surface area contributed by atoms with E-state index in [9.17, 15) is 0 Å². The summed E-state index contributed by atoms with van der Waals surface area (Å²) in [5, 5.41) is 2.90. The summed E-state index contributed by atoms with van der Waals surface area (Å²) in [6, 6.07) is 21.9. The van der Waals surface area contributed by atoms with Crippen LogP contribution in [0.5, 0.6) is 0 Å². The minimum Gasteiger partial charge on any atom is -0.237 e. The second-order valence-electron chi connectivity index (χ2n) is 9.82. The van der Waals surface area contributed by atoms with E-state index in [1.807, 2.05) is 6.07 Å². The van der Waals surface area contributed by atoms with Crippen LogP contribution in [0.2, 0.25) is 13.1 Å². The minimum atomic E-state index is -2.14. The van der Waals surface area contributed by atoms with Crippen molar-refractivity contribution in [3.63, 3.8) is 0 Å². The largest absolute Gasteiger partial charge is 0.237 e. The minimum absolute atomic E-state index is 0.799. The van der Waals surface area contributed by atoms with E-state index < -0.39 is 8.07 Å². The van der Waals surface area contributed by atoms with Gasteiger partial charge in [0.25, 0.3) is 0 Å². The molecule has 1 aromatic heterocycles. The number of hydrogen-bond donors (Lipinski definition) is 0. The third kappa shape index (κ3) is 3.09. The molecule has 33 heavy (non-hydrogen) atoms. The van der Waals surface area contributed by atoms with E-state index in [1.54, 1.807) is 0 Å². The zero-order chi connectivity index (χ0) is 23.5. The molecular formula is C30H29N2Si+. The normalized spacial score (nSPS) is 13.4. The van der Waals surface area contributed by atoms with Gasteiger partial charge in [0.05, 0.1) is 6.57 Å². The molecule has 0 spiro atoms. The van der Waals surface area contributed by atoms with E-state index in [1.165, 1.54) is 43.9 Å². The van der Waals surface area contributed by atoms with Gasteiger partial charge in [0.15, 0.2) is 11.9 Å². The summed E-state index contributed by atoms with van der Waals surface area (Å²) in [5.74, 6) is 0. The highest BCUT2D eigenvalue weighted by Crippen LogP contribution is 2.42. The number of nitrogens with zero attached hydrogens (tertiary/aromatic N) is 2. The Morgan fingerprint density at radius 1 is 0.788 bits per heavy atom. The van der Waals surface area contributed by atoms with E-state index in [-0.39, 0.29) is 0 Å². The maximum Gasteiger partial charge on any atom is 0.212 e. The highest BCUT2D eigenvalue weighted by atomic mass is 28.3. The summed E-state index contributed by atoms with van der Waals surface area (Å²) in [5.41, 5.74) is 12.0. The molecule has 3 aromatic carbocycles. The first-order valence-corrected chi connectivity index (χ1v) is 14.5. The van der Waals surface area contributed by atoms with Crippen molar-refractivity contribution in [3.05, 3.63) is 95.0 Å². The van der Waals surface area contributed by atoms with Gasteiger partial charge in [0.2, 0.25) is 5.69 Å². The summed E-state index contributed by atoms with van der Waals surface area (Å²) >= 11 is 0. The van der Waals surface area contributed by atoms with E-state index >= 15 is 0 Å². The molecule has 0 saturated carbocycles. The second kappa shape index (κ2) is 7.54. The van der Waals surface area contributed by atoms with Crippen molar-refractivity contribution in [1.82, 2.24) is 0 Å². The van der Waals surface area contributed by atoms with Gasteiger partial charge in [-0.1, -0.05) is 61.6 Å². The zero-order valence-corrected chi connectivity index (χ0v) is 21.2. The van der Waals surface area contributed by atoms with Crippen molar-refractivity contribution in [1.29, 1.82) is 0 Å². The van der Waals surface area contributed by atoms with Gasteiger partial charge in [-0.2, -0.15) is 0 Å². The molecule has 162 valence electrons. The second-order valence-corrected chi connectivity index (χ2v) is 14.1. The molecule has 0 unspecified atom stereocenters. The van der Waals surface area contributed by atoms with Crippen molar-refractivity contribution in [3.8, 4) is 33.5 Å². The molecule has 0 radical (unpaired) electrons. The maximum atomic E-state index is 8.03. The van der Waals surface area contributed by atoms with Crippen molar-refractivity contribution in [2.24, 2.45) is 7.05 Å². The van der Waals surface area contributed by atoms with Crippen LogP contribution in [-0.2, 0) is 7.05 Å². The molecule has 0 atom stereocenters. The van der Waals surface area contributed by atoms with Crippen LogP contribution in [0.3, 0.4) is 0 Å². The molecule has 0 amide bonds. The third-order valence-electron chi connectivity index (χ3n) is 7.18. The van der Waals surface area contributed by atoms with Crippen LogP contribution in [0.1, 0.15) is 16.7 Å². The topological polar surface area (TPSA) is 8.24 Å². The molecule has 0 bridgehead atoms. The summed E-state index contributed by atoms with van der Waals surface area (Å²) in [4.78, 5) is 4.04. The fourth-order valence-corrected chi connectivity index (χ4v) is 9.52. The van der Waals surface area contributed by atoms with Gasteiger partial charge in [-0.25, -0.2) is 9.41 Å². The molecule has 0 aliphatic carbocycles. The van der Waals surface area contributed by atoms with Gasteiger partial charge in [-0.05, 0) is 70.1 Å². The van der Waals surface area contributed by atoms with Crippen LogP contribution < -0.4 is 14.9 Å². The Balaban J connectivity index is 1.92. The lowest BCUT2D eigenvalue weighted by molar-refractivity contribution is -0.660. The van der Waals surface area contributed by atoms with Crippen molar-refractivity contribution >= 4 is 24.1 Å². The summed E-state index contributed by atoms with van der Waals surface area (Å²) < 4.78 is 2.25. The Morgan fingerprint density at radius 2 is 1.48 bits per heavy atom. The van der Waals surface area contributed by atoms with Gasteiger partial charge < -0.3 is 0 Å². The Bertz CT molecular complexity index is 1470. The van der Waals surface area contributed by atoms with E-state index in [4.69, 9.17) is 6.57 Å². The quantitative estimate of drug-likeness (QED) is 0.199. The molecular weight excluding hydrogens is 416 g/mol. The highest BCUT2D eigenvalue weighted by molar-refractivity contribution is 7.05. The molecule has 0 saturated heterocycles. The van der Waals surface area contributed by atoms with E-state index in [0.29, 0.717) is 0 Å². The number of rotatable bonds is 2. The SMILES string of the molecule is [C-]#[N+]c1c(C)cc2c(c1-c1ccccc1)[Si](C)(C)c1c-2ccc(C)c1-c1cc(C)cc[n+]1C. The monoisotopic (exact) mass is 445 g/mol. The van der Waals surface area contributed by atoms with Crippen LogP contribution in [0.25, 0.3) is 38.4 Å². The summed E-state index contributed by atoms with van der Waals surface area (Å²) in [6.45, 7) is 19.4. The number of pyridine rings is 1. The highest BCUT2D eigenvalue weighted by Gasteiger charge is 2.44. The average molecular weight is 446 g/mol. The smallest absolute Gasteiger partial charge is 0.212 e. The Morgan fingerprint density at radius 3 is 2.18 bits per heavy atom. The fraction of sp³-hybridized carbons (Fsp3) is 0.200. The number of hydrogen-bond acceptors (Lipinski definition) is 0. The first-order valence-electron chi connectivity index (χ1n) is 11.5. The van der Waals surface area contributed by atoms with E-state index in [0.717, 1.165) is 22.4 Å². The van der Waals surface area contributed by atoms with Crippen LogP contribution >= 0.6 is 0 Å². The fourth-order valence-electron chi connectivity index (χ4n) is 5.66. The molecule has 0 N–H and O–H groups in total. The molecule has 4 aromatic rings. The average Bonchev–Trinajstić information content (AvgIpc) is 3.01. The molecule has 2 heterocycles. The zero-order valence-electron chi connectivity index (χ0n) is 20.2. The predicted octanol–water partition coefficient (Wildman–Crippen LogP) is 6.12. The van der Waals surface area contributed by atoms with Crippen molar-refractivity contribution in [2.45, 2.75) is 33.9 Å². The van der Waals surface area contributed by atoms with Gasteiger partial charge in [-0.15, -0.1) is 0 Å². The molecule has 2 nitrogen and oxygen atoms in total. The van der Waals surface area contributed by atoms with E-state index in [2.05, 4.69) is 111 Å². The lowest BCUT2D eigenvalue weighted by Gasteiger charge is -2.26. The molecule has 3 heteroatoms. The van der Waals surface area contributed by atoms with Gasteiger partial charge in [0.1, 0.15) is 15.1 Å². The molecule has 5 rings (SSSR count). The third-order valence-corrected chi connectivity index (χ3v) is 10.7. The lowest BCUT2D eigenvalue weighted by atomic mass is 9.92. The van der Waals surface area contributed by atoms with Crippen LogP contribution in [0.4, 0.5) is 5.69 Å². The van der Waals surface area contributed by atoms with Crippen LogP contribution in [-0.4, -0.2) is 8.07 Å². The molecule has 1 aliphatic heterocycles. The maximum absolute atomic E-state index is 8.03. The standard InChI is InChI=1S/C30H29N2Si/c1-19-15-16-32(5)25(17-19)26-20(2)13-14-23-24-18-21(3)28(31-4)27(22-11-9-8-10-12-22)30(24)33(6,7)29(23)26/h8-18H,1-3,5-7H3/q+1. The number of aryl methyl sites for hydroxylation is 4. The van der Waals surface area contributed by atoms with Crippen LogP contribution in [0, 0.1) is 27.3 Å². The molecule has 0 fully saturated rings. The van der Waals surface area contributed by atoms with Gasteiger partial charge >= 0.3 is 0 Å². The first kappa shape index (κ1) is 21.4. The van der Waals surface area contributed by atoms with Gasteiger partial charge in [-0.3, -0.25) is 0 Å². The lowest BCUT2D eigenvalue weighted by Crippen LogP contribution is -2.51.